The summed E-state index contributed by atoms with van der Waals surface area (Å²) >= 11 is 0. The van der Waals surface area contributed by atoms with Crippen LogP contribution >= 0.6 is 0 Å². The predicted molar refractivity (Wildman–Crippen MR) is 40.2 cm³/mol. The van der Waals surface area contributed by atoms with Gasteiger partial charge in [-0.3, -0.25) is 5.41 Å². The zero-order valence-corrected chi connectivity index (χ0v) is 6.39. The van der Waals surface area contributed by atoms with Crippen LogP contribution in [-0.4, -0.2) is 30.7 Å². The highest BCUT2D eigenvalue weighted by Gasteiger charge is 1.90. The molecule has 0 aromatic carbocycles. The first-order valence-electron chi connectivity index (χ1n) is 2.82. The molecule has 0 aromatic heterocycles. The lowest BCUT2D eigenvalue weighted by atomic mass is 10.6. The van der Waals surface area contributed by atoms with Crippen LogP contribution in [0, 0.1) is 5.41 Å². The van der Waals surface area contributed by atoms with Crippen LogP contribution in [0.2, 0.25) is 0 Å². The fourth-order valence-electron chi connectivity index (χ4n) is 0.343. The molecule has 0 fully saturated rings. The third kappa shape index (κ3) is 3.70. The van der Waals surface area contributed by atoms with Gasteiger partial charge in [-0.2, -0.15) is 0 Å². The van der Waals surface area contributed by atoms with Gasteiger partial charge in [0, 0.05) is 14.1 Å². The van der Waals surface area contributed by atoms with Crippen LogP contribution in [0.1, 0.15) is 13.8 Å². The van der Waals surface area contributed by atoms with Crippen molar-refractivity contribution in [3.8, 4) is 0 Å². The van der Waals surface area contributed by atoms with Crippen molar-refractivity contribution < 1.29 is 0 Å². The molecule has 0 bridgehead atoms. The molecule has 0 saturated carbocycles. The quantitative estimate of drug-likeness (QED) is 0.382. The molecule has 3 heteroatoms. The number of hydrogen-bond donors (Lipinski definition) is 1. The predicted octanol–water partition coefficient (Wildman–Crippen LogP) is 0.964. The molecule has 0 saturated heterocycles. The lowest BCUT2D eigenvalue weighted by Crippen LogP contribution is -2.19. The van der Waals surface area contributed by atoms with Gasteiger partial charge in [-0.1, -0.05) is 0 Å². The van der Waals surface area contributed by atoms with Crippen molar-refractivity contribution in [3.05, 3.63) is 0 Å². The van der Waals surface area contributed by atoms with Gasteiger partial charge >= 0.3 is 0 Å². The molecule has 52 valence electrons. The van der Waals surface area contributed by atoms with Gasteiger partial charge in [0.2, 0.25) is 0 Å². The topological polar surface area (TPSA) is 39.5 Å². The highest BCUT2D eigenvalue weighted by molar-refractivity contribution is 5.92. The van der Waals surface area contributed by atoms with E-state index in [-0.39, 0.29) is 0 Å². The molecule has 1 N–H and O–H groups in total. The molecule has 0 rings (SSSR count). The van der Waals surface area contributed by atoms with Crippen molar-refractivity contribution in [2.24, 2.45) is 4.99 Å². The van der Waals surface area contributed by atoms with E-state index in [2.05, 4.69) is 4.99 Å². The first-order valence-corrected chi connectivity index (χ1v) is 2.82. The fraction of sp³-hybridized carbons (Fsp3) is 0.667. The van der Waals surface area contributed by atoms with E-state index in [1.54, 1.807) is 6.92 Å². The Morgan fingerprint density at radius 2 is 1.78 bits per heavy atom. The van der Waals surface area contributed by atoms with Gasteiger partial charge in [0.1, 0.15) is 11.7 Å². The SMILES string of the molecule is CC(=N)/N=C(/C)N(C)C. The standard InChI is InChI=1S/C6H13N3/c1-5(7)8-6(2)9(3)4/h7H,1-4H3/b7-5?,8-6-. The van der Waals surface area contributed by atoms with Crippen LogP contribution in [0.5, 0.6) is 0 Å². The van der Waals surface area contributed by atoms with Gasteiger partial charge in [-0.15, -0.1) is 0 Å². The monoisotopic (exact) mass is 127 g/mol. The zero-order valence-electron chi connectivity index (χ0n) is 6.39. The number of nitrogens with one attached hydrogen (secondary N) is 1. The molecular weight excluding hydrogens is 114 g/mol. The van der Waals surface area contributed by atoms with Crippen LogP contribution in [0.3, 0.4) is 0 Å². The average molecular weight is 127 g/mol. The Kier molecular flexibility index (Phi) is 2.91. The van der Waals surface area contributed by atoms with Gasteiger partial charge in [0.05, 0.1) is 0 Å². The molecule has 0 aromatic rings. The molecule has 0 radical (unpaired) electrons. The Labute approximate surface area is 55.9 Å². The molecule has 9 heavy (non-hydrogen) atoms. The minimum atomic E-state index is 0.348. The first-order chi connectivity index (χ1) is 4.04. The summed E-state index contributed by atoms with van der Waals surface area (Å²) in [5.41, 5.74) is 0. The van der Waals surface area contributed by atoms with Crippen LogP contribution in [-0.2, 0) is 0 Å². The molecular formula is C6H13N3. The van der Waals surface area contributed by atoms with E-state index in [9.17, 15) is 0 Å². The van der Waals surface area contributed by atoms with E-state index in [4.69, 9.17) is 5.41 Å². The van der Waals surface area contributed by atoms with Gasteiger partial charge < -0.3 is 4.90 Å². The maximum absolute atomic E-state index is 7.00. The van der Waals surface area contributed by atoms with Crippen molar-refractivity contribution in [1.82, 2.24) is 4.90 Å². The van der Waals surface area contributed by atoms with Crippen molar-refractivity contribution in [2.75, 3.05) is 14.1 Å². The molecule has 0 spiro atoms. The molecule has 0 aliphatic rings. The number of rotatable bonds is 0. The minimum absolute atomic E-state index is 0.348. The second kappa shape index (κ2) is 3.22. The van der Waals surface area contributed by atoms with Crippen LogP contribution < -0.4 is 0 Å². The molecule has 0 heterocycles. The van der Waals surface area contributed by atoms with Gasteiger partial charge in [-0.25, -0.2) is 4.99 Å². The first kappa shape index (κ1) is 8.14. The van der Waals surface area contributed by atoms with Crippen LogP contribution in [0.4, 0.5) is 0 Å². The second-order valence-corrected chi connectivity index (χ2v) is 2.14. The lowest BCUT2D eigenvalue weighted by Gasteiger charge is -2.09. The summed E-state index contributed by atoms with van der Waals surface area (Å²) in [5, 5.41) is 7.00. The van der Waals surface area contributed by atoms with Crippen molar-refractivity contribution >= 4 is 11.7 Å². The number of hydrogen-bond acceptors (Lipinski definition) is 1. The number of nitrogens with zero attached hydrogens (tertiary/aromatic N) is 2. The molecule has 0 amide bonds. The summed E-state index contributed by atoms with van der Waals surface area (Å²) in [5.74, 6) is 1.21. The number of aliphatic imine (C=N–C) groups is 1. The van der Waals surface area contributed by atoms with E-state index in [1.165, 1.54) is 0 Å². The minimum Gasteiger partial charge on any atom is -0.366 e. The summed E-state index contributed by atoms with van der Waals surface area (Å²) in [6.45, 7) is 3.53. The van der Waals surface area contributed by atoms with E-state index >= 15 is 0 Å². The fourth-order valence-corrected chi connectivity index (χ4v) is 0.343. The Morgan fingerprint density at radius 1 is 1.33 bits per heavy atom. The smallest absolute Gasteiger partial charge is 0.119 e. The van der Waals surface area contributed by atoms with E-state index in [1.807, 2.05) is 25.9 Å². The number of amidine groups is 2. The second-order valence-electron chi connectivity index (χ2n) is 2.14. The van der Waals surface area contributed by atoms with E-state index < -0.39 is 0 Å². The highest BCUT2D eigenvalue weighted by atomic mass is 15.1. The Bertz CT molecular complexity index is 135. The molecule has 3 nitrogen and oxygen atoms in total. The zero-order chi connectivity index (χ0) is 7.44. The molecule has 0 aliphatic heterocycles. The summed E-state index contributed by atoms with van der Waals surface area (Å²) in [6, 6.07) is 0. The molecule has 0 unspecified atom stereocenters. The van der Waals surface area contributed by atoms with Gasteiger partial charge in [0.25, 0.3) is 0 Å². The normalized spacial score (nSPS) is 11.3. The highest BCUT2D eigenvalue weighted by Crippen LogP contribution is 1.82. The summed E-state index contributed by atoms with van der Waals surface area (Å²) in [7, 11) is 3.81. The Hall–Kier alpha value is -0.860. The summed E-state index contributed by atoms with van der Waals surface area (Å²) < 4.78 is 0. The van der Waals surface area contributed by atoms with E-state index in [0.29, 0.717) is 5.84 Å². The van der Waals surface area contributed by atoms with Gasteiger partial charge in [-0.05, 0) is 13.8 Å². The van der Waals surface area contributed by atoms with Crippen molar-refractivity contribution in [2.45, 2.75) is 13.8 Å². The summed E-state index contributed by atoms with van der Waals surface area (Å²) in [6.07, 6.45) is 0. The molecule has 0 atom stereocenters. The largest absolute Gasteiger partial charge is 0.366 e. The van der Waals surface area contributed by atoms with E-state index in [0.717, 1.165) is 5.84 Å². The Balaban J connectivity index is 4.00. The lowest BCUT2D eigenvalue weighted by molar-refractivity contribution is 0.619. The molecule has 0 aliphatic carbocycles. The van der Waals surface area contributed by atoms with Crippen LogP contribution in [0.25, 0.3) is 0 Å². The summed E-state index contributed by atoms with van der Waals surface area (Å²) in [4.78, 5) is 5.78. The average Bonchev–Trinajstić information content (AvgIpc) is 1.63. The van der Waals surface area contributed by atoms with Crippen molar-refractivity contribution in [1.29, 1.82) is 5.41 Å². The van der Waals surface area contributed by atoms with Crippen LogP contribution in [0.15, 0.2) is 4.99 Å². The van der Waals surface area contributed by atoms with Gasteiger partial charge in [0.15, 0.2) is 0 Å². The Morgan fingerprint density at radius 3 is 1.89 bits per heavy atom. The maximum Gasteiger partial charge on any atom is 0.119 e. The van der Waals surface area contributed by atoms with Crippen molar-refractivity contribution in [3.63, 3.8) is 0 Å². The third-order valence-corrected chi connectivity index (χ3v) is 0.977. The maximum atomic E-state index is 7.00. The third-order valence-electron chi connectivity index (χ3n) is 0.977.